The van der Waals surface area contributed by atoms with Gasteiger partial charge in [0.1, 0.15) is 0 Å². The molecule has 0 atom stereocenters. The fraction of sp³-hybridized carbons (Fsp3) is 0.100. The van der Waals surface area contributed by atoms with Crippen LogP contribution in [0.1, 0.15) is 15.9 Å². The number of aromatic nitrogens is 2. The molecule has 0 saturated carbocycles. The van der Waals surface area contributed by atoms with Crippen molar-refractivity contribution in [3.8, 4) is 17.2 Å². The number of aromatic amines is 1. The van der Waals surface area contributed by atoms with Crippen molar-refractivity contribution in [2.45, 2.75) is 0 Å². The van der Waals surface area contributed by atoms with Crippen molar-refractivity contribution in [1.82, 2.24) is 9.78 Å². The Hall–Kier alpha value is -3.74. The molecule has 0 aliphatic heterocycles. The highest BCUT2D eigenvalue weighted by atomic mass is 16.5. The molecule has 0 spiro atoms. The van der Waals surface area contributed by atoms with Crippen LogP contribution in [-0.4, -0.2) is 35.1 Å². The van der Waals surface area contributed by atoms with Crippen LogP contribution in [0.25, 0.3) is 18.3 Å². The summed E-state index contributed by atoms with van der Waals surface area (Å²) >= 11 is 0. The summed E-state index contributed by atoms with van der Waals surface area (Å²) in [6.07, 6.45) is 1.70. The molecule has 27 heavy (non-hydrogen) atoms. The Balaban J connectivity index is 2.09. The van der Waals surface area contributed by atoms with E-state index in [2.05, 4.69) is 11.7 Å². The van der Waals surface area contributed by atoms with Crippen molar-refractivity contribution in [2.75, 3.05) is 14.2 Å². The first-order chi connectivity index (χ1) is 12.9. The van der Waals surface area contributed by atoms with E-state index in [0.29, 0.717) is 27.8 Å². The number of carboxylic acid groups (broad SMARTS) is 1. The van der Waals surface area contributed by atoms with Crippen molar-refractivity contribution in [3.05, 3.63) is 74.5 Å². The van der Waals surface area contributed by atoms with Crippen LogP contribution in [-0.2, 0) is 0 Å². The number of hydrogen-bond acceptors (Lipinski definition) is 4. The molecule has 0 unspecified atom stereocenters. The fourth-order valence-corrected chi connectivity index (χ4v) is 2.69. The standard InChI is InChI=1S/C20H18N2O5/c1-12-16(10-13-4-9-17(26-2)18(11-13)27-3)19(23)22(21-12)15-7-5-14(6-8-15)20(24)25/h4-11,21H,1H2,2-3H3,(H,24,25)/b16-10+. The number of ether oxygens (including phenoxy) is 2. The van der Waals surface area contributed by atoms with Crippen LogP contribution in [0.3, 0.4) is 0 Å². The van der Waals surface area contributed by atoms with E-state index in [0.717, 1.165) is 5.56 Å². The normalized spacial score (nSPS) is 11.4. The van der Waals surface area contributed by atoms with E-state index in [9.17, 15) is 9.59 Å². The van der Waals surface area contributed by atoms with Gasteiger partial charge in [0.2, 0.25) is 0 Å². The summed E-state index contributed by atoms with van der Waals surface area (Å²) in [7, 11) is 3.09. The van der Waals surface area contributed by atoms with E-state index >= 15 is 0 Å². The van der Waals surface area contributed by atoms with Gasteiger partial charge in [0.05, 0.1) is 36.0 Å². The highest BCUT2D eigenvalue weighted by Gasteiger charge is 2.08. The number of rotatable bonds is 5. The van der Waals surface area contributed by atoms with Crippen LogP contribution in [0.2, 0.25) is 0 Å². The van der Waals surface area contributed by atoms with E-state index in [1.807, 2.05) is 0 Å². The SMILES string of the molecule is C=c1[nH]n(-c2ccc(C(=O)O)cc2)c(=O)/c1=C/c1ccc(OC)c(OC)c1. The first-order valence-corrected chi connectivity index (χ1v) is 8.02. The lowest BCUT2D eigenvalue weighted by atomic mass is 10.1. The minimum absolute atomic E-state index is 0.144. The quantitative estimate of drug-likeness (QED) is 0.706. The van der Waals surface area contributed by atoms with Crippen LogP contribution in [0.5, 0.6) is 11.5 Å². The van der Waals surface area contributed by atoms with Gasteiger partial charge in [0.25, 0.3) is 5.56 Å². The van der Waals surface area contributed by atoms with Gasteiger partial charge in [-0.3, -0.25) is 9.89 Å². The molecule has 0 radical (unpaired) electrons. The highest BCUT2D eigenvalue weighted by molar-refractivity contribution is 5.87. The maximum atomic E-state index is 12.8. The van der Waals surface area contributed by atoms with Crippen LogP contribution in [0, 0.1) is 0 Å². The van der Waals surface area contributed by atoms with Crippen LogP contribution >= 0.6 is 0 Å². The Morgan fingerprint density at radius 1 is 1.11 bits per heavy atom. The zero-order chi connectivity index (χ0) is 19.6. The molecule has 3 rings (SSSR count). The summed E-state index contributed by atoms with van der Waals surface area (Å²) in [5.74, 6) is 0.118. The lowest BCUT2D eigenvalue weighted by Crippen LogP contribution is -2.33. The molecule has 1 aromatic heterocycles. The summed E-state index contributed by atoms with van der Waals surface area (Å²) < 4.78 is 11.8. The van der Waals surface area contributed by atoms with Crippen molar-refractivity contribution in [1.29, 1.82) is 0 Å². The molecule has 0 aliphatic rings. The summed E-state index contributed by atoms with van der Waals surface area (Å²) in [5, 5.41) is 12.7. The first kappa shape index (κ1) is 18.1. The smallest absolute Gasteiger partial charge is 0.335 e. The summed E-state index contributed by atoms with van der Waals surface area (Å²) in [6, 6.07) is 11.3. The average molecular weight is 366 g/mol. The lowest BCUT2D eigenvalue weighted by Gasteiger charge is -2.07. The summed E-state index contributed by atoms with van der Waals surface area (Å²) in [6.45, 7) is 3.89. The van der Waals surface area contributed by atoms with E-state index in [4.69, 9.17) is 14.6 Å². The Morgan fingerprint density at radius 2 is 1.78 bits per heavy atom. The predicted octanol–water partition coefficient (Wildman–Crippen LogP) is 1.12. The molecule has 7 heteroatoms. The first-order valence-electron chi connectivity index (χ1n) is 8.02. The fourth-order valence-electron chi connectivity index (χ4n) is 2.69. The Labute approximate surface area is 154 Å². The number of carbonyl (C=O) groups is 1. The zero-order valence-corrected chi connectivity index (χ0v) is 14.9. The minimum atomic E-state index is -1.03. The number of hydrogen-bond donors (Lipinski definition) is 2. The van der Waals surface area contributed by atoms with E-state index in [-0.39, 0.29) is 11.1 Å². The predicted molar refractivity (Wildman–Crippen MR) is 101 cm³/mol. The van der Waals surface area contributed by atoms with Crippen LogP contribution in [0.15, 0.2) is 47.3 Å². The van der Waals surface area contributed by atoms with Gasteiger partial charge in [-0.1, -0.05) is 12.6 Å². The van der Waals surface area contributed by atoms with Gasteiger partial charge in [-0.05, 0) is 48.0 Å². The third-order valence-electron chi connectivity index (χ3n) is 4.10. The van der Waals surface area contributed by atoms with Gasteiger partial charge >= 0.3 is 5.97 Å². The molecule has 2 N–H and O–H groups in total. The highest BCUT2D eigenvalue weighted by Crippen LogP contribution is 2.27. The lowest BCUT2D eigenvalue weighted by molar-refractivity contribution is 0.0697. The number of nitrogens with one attached hydrogen (secondary N) is 1. The molecular weight excluding hydrogens is 348 g/mol. The Bertz CT molecular complexity index is 1160. The molecule has 2 aromatic carbocycles. The second kappa shape index (κ2) is 7.25. The molecule has 0 aliphatic carbocycles. The Morgan fingerprint density at radius 3 is 2.37 bits per heavy atom. The maximum absolute atomic E-state index is 12.8. The molecule has 3 aromatic rings. The third-order valence-corrected chi connectivity index (χ3v) is 4.10. The number of nitrogens with zero attached hydrogens (tertiary/aromatic N) is 1. The number of benzene rings is 2. The maximum Gasteiger partial charge on any atom is 0.335 e. The monoisotopic (exact) mass is 366 g/mol. The zero-order valence-electron chi connectivity index (χ0n) is 14.9. The molecule has 0 bridgehead atoms. The van der Waals surface area contributed by atoms with Crippen LogP contribution < -0.4 is 25.6 Å². The topological polar surface area (TPSA) is 93.6 Å². The second-order valence-corrected chi connectivity index (χ2v) is 5.76. The number of carboxylic acids is 1. The summed E-state index contributed by atoms with van der Waals surface area (Å²) in [4.78, 5) is 23.7. The molecular formula is C20H18N2O5. The largest absolute Gasteiger partial charge is 0.493 e. The number of aromatic carboxylic acids is 1. The van der Waals surface area contributed by atoms with Crippen molar-refractivity contribution in [3.63, 3.8) is 0 Å². The minimum Gasteiger partial charge on any atom is -0.493 e. The summed E-state index contributed by atoms with van der Waals surface area (Å²) in [5.41, 5.74) is 1.12. The number of methoxy groups -OCH3 is 2. The van der Waals surface area contributed by atoms with Gasteiger partial charge < -0.3 is 14.6 Å². The molecule has 7 nitrogen and oxygen atoms in total. The van der Waals surface area contributed by atoms with Crippen molar-refractivity contribution in [2.24, 2.45) is 0 Å². The van der Waals surface area contributed by atoms with Gasteiger partial charge in [0, 0.05) is 0 Å². The van der Waals surface area contributed by atoms with Gasteiger partial charge in [-0.15, -0.1) is 0 Å². The Kier molecular flexibility index (Phi) is 4.85. The molecule has 0 amide bonds. The molecule has 1 heterocycles. The van der Waals surface area contributed by atoms with E-state index in [1.54, 1.807) is 50.6 Å². The van der Waals surface area contributed by atoms with Crippen LogP contribution in [0.4, 0.5) is 0 Å². The van der Waals surface area contributed by atoms with E-state index < -0.39 is 5.97 Å². The molecule has 0 fully saturated rings. The average Bonchev–Trinajstić information content (AvgIpc) is 2.96. The van der Waals surface area contributed by atoms with Gasteiger partial charge in [-0.25, -0.2) is 9.48 Å². The molecule has 0 saturated heterocycles. The van der Waals surface area contributed by atoms with E-state index in [1.165, 1.54) is 16.8 Å². The van der Waals surface area contributed by atoms with Gasteiger partial charge in [-0.2, -0.15) is 0 Å². The third kappa shape index (κ3) is 3.48. The second-order valence-electron chi connectivity index (χ2n) is 5.76. The molecule has 138 valence electrons. The van der Waals surface area contributed by atoms with Crippen molar-refractivity contribution >= 4 is 18.6 Å². The van der Waals surface area contributed by atoms with Gasteiger partial charge in [0.15, 0.2) is 11.5 Å². The number of H-pyrrole nitrogens is 1. The van der Waals surface area contributed by atoms with Crippen molar-refractivity contribution < 1.29 is 19.4 Å².